The van der Waals surface area contributed by atoms with Gasteiger partial charge in [0.2, 0.25) is 0 Å². The van der Waals surface area contributed by atoms with E-state index in [-0.39, 0.29) is 23.9 Å². The summed E-state index contributed by atoms with van der Waals surface area (Å²) in [5.74, 6) is 0.894. The van der Waals surface area contributed by atoms with E-state index >= 15 is 0 Å². The molecule has 0 aliphatic rings. The molecule has 0 heterocycles. The van der Waals surface area contributed by atoms with Gasteiger partial charge in [-0.15, -0.1) is 0 Å². The molecule has 3 nitrogen and oxygen atoms in total. The van der Waals surface area contributed by atoms with Gasteiger partial charge in [-0.05, 0) is 0 Å². The van der Waals surface area contributed by atoms with Gasteiger partial charge in [-0.25, -0.2) is 0 Å². The number of rotatable bonds is 0. The molecule has 4 heteroatoms. The molecule has 0 atom stereocenters. The van der Waals surface area contributed by atoms with Gasteiger partial charge in [0.05, 0.1) is 0 Å². The molecule has 0 spiro atoms. The van der Waals surface area contributed by atoms with Crippen LogP contribution < -0.4 is 5.32 Å². The zero-order valence-electron chi connectivity index (χ0n) is 6.60. The van der Waals surface area contributed by atoms with Crippen LogP contribution in [0.2, 0.25) is 0 Å². The quantitative estimate of drug-likeness (QED) is 0.326. The van der Waals surface area contributed by atoms with Gasteiger partial charge in [0, 0.05) is 28.2 Å². The van der Waals surface area contributed by atoms with Crippen molar-refractivity contribution in [3.63, 3.8) is 0 Å². The molecular weight excluding hydrogens is 221 g/mol. The molecule has 2 radical (unpaired) electrons. The number of nitrogens with zero attached hydrogens (tertiary/aromatic N) is 2. The van der Waals surface area contributed by atoms with Crippen LogP contribution in [-0.4, -0.2) is 63.0 Å². The Morgan fingerprint density at radius 2 is 1.89 bits per heavy atom. The van der Waals surface area contributed by atoms with Crippen LogP contribution >= 0.6 is 0 Å². The minimum atomic E-state index is 0. The second kappa shape index (κ2) is 6.19. The summed E-state index contributed by atoms with van der Waals surface area (Å²) in [6.45, 7) is 0. The summed E-state index contributed by atoms with van der Waals surface area (Å²) in [6, 6.07) is 0. The molecule has 0 unspecified atom stereocenters. The molecule has 0 saturated heterocycles. The first kappa shape index (κ1) is 11.8. The molecule has 0 aromatic carbocycles. The molecular formula is C5H15N3Sn. The van der Waals surface area contributed by atoms with Gasteiger partial charge < -0.3 is 10.2 Å². The van der Waals surface area contributed by atoms with Crippen molar-refractivity contribution in [2.45, 2.75) is 0 Å². The first-order chi connectivity index (χ1) is 3.72. The Bertz CT molecular complexity index is 90.2. The predicted molar refractivity (Wildman–Crippen MR) is 44.6 cm³/mol. The average Bonchev–Trinajstić information content (AvgIpc) is 1.69. The topological polar surface area (TPSA) is 27.6 Å². The number of guanidine groups is 1. The van der Waals surface area contributed by atoms with Crippen molar-refractivity contribution < 1.29 is 0 Å². The zero-order chi connectivity index (χ0) is 6.57. The summed E-state index contributed by atoms with van der Waals surface area (Å²) >= 11 is 0. The van der Waals surface area contributed by atoms with Crippen molar-refractivity contribution in [2.75, 3.05) is 28.2 Å². The van der Waals surface area contributed by atoms with Gasteiger partial charge in [-0.3, -0.25) is 4.99 Å². The molecule has 0 aliphatic heterocycles. The summed E-state index contributed by atoms with van der Waals surface area (Å²) in [5.41, 5.74) is 0. The summed E-state index contributed by atoms with van der Waals surface area (Å²) < 4.78 is 0. The standard InChI is InChI=1S/C5H13N3.Sn.2H/c1-6-5(7-2)8(3)4;;;/h1-4H3,(H,6,7);;;. The SMILES string of the molecule is CN=C(NC)N(C)C.[SnH2]. The van der Waals surface area contributed by atoms with Gasteiger partial charge in [-0.2, -0.15) is 0 Å². The number of hydrogen-bond donors (Lipinski definition) is 1. The Hall–Kier alpha value is 0.0687. The van der Waals surface area contributed by atoms with Crippen LogP contribution in [0.5, 0.6) is 0 Å². The van der Waals surface area contributed by atoms with E-state index in [2.05, 4.69) is 10.3 Å². The van der Waals surface area contributed by atoms with Gasteiger partial charge in [-0.1, -0.05) is 0 Å². The summed E-state index contributed by atoms with van der Waals surface area (Å²) in [7, 11) is 7.49. The van der Waals surface area contributed by atoms with E-state index in [0.717, 1.165) is 5.96 Å². The first-order valence-corrected chi connectivity index (χ1v) is 2.54. The molecule has 0 saturated carbocycles. The van der Waals surface area contributed by atoms with E-state index in [4.69, 9.17) is 0 Å². The normalized spacial score (nSPS) is 10.0. The van der Waals surface area contributed by atoms with Crippen molar-refractivity contribution in [3.05, 3.63) is 0 Å². The third-order valence-electron chi connectivity index (χ3n) is 0.859. The molecule has 54 valence electrons. The maximum atomic E-state index is 3.94. The number of nitrogens with one attached hydrogen (secondary N) is 1. The molecule has 0 fully saturated rings. The molecule has 1 N–H and O–H groups in total. The van der Waals surface area contributed by atoms with E-state index in [1.54, 1.807) is 7.05 Å². The zero-order valence-corrected chi connectivity index (χ0v) is 10.6. The molecule has 0 aromatic heterocycles. The number of hydrogen-bond acceptors (Lipinski definition) is 1. The van der Waals surface area contributed by atoms with E-state index in [9.17, 15) is 0 Å². The van der Waals surface area contributed by atoms with Crippen LogP contribution in [0.15, 0.2) is 4.99 Å². The maximum absolute atomic E-state index is 3.94. The fourth-order valence-corrected chi connectivity index (χ4v) is 0.535. The molecule has 0 aliphatic carbocycles. The van der Waals surface area contributed by atoms with Crippen LogP contribution in [0.1, 0.15) is 0 Å². The molecule has 0 amide bonds. The van der Waals surface area contributed by atoms with Gasteiger partial charge in [0.25, 0.3) is 0 Å². The Balaban J connectivity index is 0. The fourth-order valence-electron chi connectivity index (χ4n) is 0.535. The van der Waals surface area contributed by atoms with Gasteiger partial charge in [0.1, 0.15) is 0 Å². The van der Waals surface area contributed by atoms with Gasteiger partial charge in [0.15, 0.2) is 5.96 Å². The first-order valence-electron chi connectivity index (χ1n) is 2.54. The van der Waals surface area contributed by atoms with Crippen LogP contribution in [0.25, 0.3) is 0 Å². The van der Waals surface area contributed by atoms with Crippen LogP contribution in [0.3, 0.4) is 0 Å². The molecule has 9 heavy (non-hydrogen) atoms. The third kappa shape index (κ3) is 4.56. The Morgan fingerprint density at radius 3 is 1.89 bits per heavy atom. The fraction of sp³-hybridized carbons (Fsp3) is 0.800. The summed E-state index contributed by atoms with van der Waals surface area (Å²) in [4.78, 5) is 5.85. The Kier molecular flexibility index (Phi) is 8.13. The van der Waals surface area contributed by atoms with Crippen molar-refractivity contribution in [1.82, 2.24) is 10.2 Å². The van der Waals surface area contributed by atoms with E-state index in [1.807, 2.05) is 26.0 Å². The van der Waals surface area contributed by atoms with Gasteiger partial charge >= 0.3 is 23.9 Å². The molecule has 0 rings (SSSR count). The Morgan fingerprint density at radius 1 is 1.44 bits per heavy atom. The second-order valence-corrected chi connectivity index (χ2v) is 1.69. The van der Waals surface area contributed by atoms with Crippen LogP contribution in [0, 0.1) is 0 Å². The van der Waals surface area contributed by atoms with E-state index in [1.165, 1.54) is 0 Å². The third-order valence-corrected chi connectivity index (χ3v) is 0.859. The van der Waals surface area contributed by atoms with Crippen LogP contribution in [0.4, 0.5) is 0 Å². The van der Waals surface area contributed by atoms with Crippen molar-refractivity contribution in [1.29, 1.82) is 0 Å². The average molecular weight is 236 g/mol. The predicted octanol–water partition coefficient (Wildman–Crippen LogP) is -1.16. The molecule has 0 bridgehead atoms. The summed E-state index contributed by atoms with van der Waals surface area (Å²) in [5, 5.41) is 2.93. The minimum absolute atomic E-state index is 0. The van der Waals surface area contributed by atoms with Crippen LogP contribution in [-0.2, 0) is 0 Å². The Labute approximate surface area is 73.5 Å². The van der Waals surface area contributed by atoms with Crippen molar-refractivity contribution >= 4 is 29.9 Å². The van der Waals surface area contributed by atoms with E-state index in [0.29, 0.717) is 0 Å². The summed E-state index contributed by atoms with van der Waals surface area (Å²) in [6.07, 6.45) is 0. The second-order valence-electron chi connectivity index (χ2n) is 1.69. The van der Waals surface area contributed by atoms with E-state index < -0.39 is 0 Å². The molecule has 0 aromatic rings. The number of aliphatic imine (C=N–C) groups is 1. The monoisotopic (exact) mass is 237 g/mol. The van der Waals surface area contributed by atoms with Crippen molar-refractivity contribution in [2.24, 2.45) is 4.99 Å². The van der Waals surface area contributed by atoms with Crippen molar-refractivity contribution in [3.8, 4) is 0 Å².